The Bertz CT molecular complexity index is 810. The molecule has 25 heavy (non-hydrogen) atoms. The zero-order valence-electron chi connectivity index (χ0n) is 13.6. The van der Waals surface area contributed by atoms with Crippen LogP contribution in [0.5, 0.6) is 5.75 Å². The van der Waals surface area contributed by atoms with Gasteiger partial charge in [-0.25, -0.2) is 9.18 Å². The van der Waals surface area contributed by atoms with Crippen molar-refractivity contribution in [3.05, 3.63) is 59.4 Å². The maximum absolute atomic E-state index is 13.7. The summed E-state index contributed by atoms with van der Waals surface area (Å²) in [6.07, 6.45) is 0.650. The van der Waals surface area contributed by atoms with Crippen molar-refractivity contribution in [2.24, 2.45) is 0 Å². The van der Waals surface area contributed by atoms with Gasteiger partial charge in [-0.3, -0.25) is 4.79 Å². The second-order valence-electron chi connectivity index (χ2n) is 5.60. The SMILES string of the molecule is CNC(=O)c1cc(NC(=O)N[C@@H]2CCOc3ccccc32)ccc1F. The Balaban J connectivity index is 1.71. The van der Waals surface area contributed by atoms with Gasteiger partial charge in [0, 0.05) is 24.7 Å². The summed E-state index contributed by atoms with van der Waals surface area (Å²) in [6.45, 7) is 0.513. The molecule has 3 N–H and O–H groups in total. The third-order valence-corrected chi connectivity index (χ3v) is 3.96. The van der Waals surface area contributed by atoms with E-state index >= 15 is 0 Å². The quantitative estimate of drug-likeness (QED) is 0.802. The number of hydrogen-bond donors (Lipinski definition) is 3. The van der Waals surface area contributed by atoms with Gasteiger partial charge in [-0.05, 0) is 24.3 Å². The Kier molecular flexibility index (Phi) is 4.83. The van der Waals surface area contributed by atoms with E-state index in [1.807, 2.05) is 24.3 Å². The number of halogens is 1. The minimum Gasteiger partial charge on any atom is -0.493 e. The molecule has 0 saturated carbocycles. The summed E-state index contributed by atoms with van der Waals surface area (Å²) in [6, 6.07) is 10.8. The first-order valence-corrected chi connectivity index (χ1v) is 7.89. The fourth-order valence-corrected chi connectivity index (χ4v) is 2.73. The van der Waals surface area contributed by atoms with Gasteiger partial charge in [0.15, 0.2) is 0 Å². The molecule has 2 aromatic rings. The van der Waals surface area contributed by atoms with Crippen LogP contribution in [0.3, 0.4) is 0 Å². The third kappa shape index (κ3) is 3.71. The predicted octanol–water partition coefficient (Wildman–Crippen LogP) is 2.83. The minimum absolute atomic E-state index is 0.128. The number of carbonyl (C=O) groups excluding carboxylic acids is 2. The third-order valence-electron chi connectivity index (χ3n) is 3.96. The van der Waals surface area contributed by atoms with Crippen LogP contribution in [0, 0.1) is 5.82 Å². The Labute approximate surface area is 144 Å². The number of hydrogen-bond acceptors (Lipinski definition) is 3. The van der Waals surface area contributed by atoms with Crippen LogP contribution in [-0.2, 0) is 0 Å². The van der Waals surface area contributed by atoms with Crippen LogP contribution in [0.15, 0.2) is 42.5 Å². The van der Waals surface area contributed by atoms with E-state index in [1.54, 1.807) is 0 Å². The van der Waals surface area contributed by atoms with E-state index in [2.05, 4.69) is 16.0 Å². The molecular formula is C18H18FN3O3. The van der Waals surface area contributed by atoms with Gasteiger partial charge in [0.2, 0.25) is 0 Å². The smallest absolute Gasteiger partial charge is 0.319 e. The van der Waals surface area contributed by atoms with Gasteiger partial charge in [0.25, 0.3) is 5.91 Å². The van der Waals surface area contributed by atoms with Crippen LogP contribution >= 0.6 is 0 Å². The molecule has 7 heteroatoms. The molecule has 0 radical (unpaired) electrons. The molecule has 0 fully saturated rings. The maximum Gasteiger partial charge on any atom is 0.319 e. The van der Waals surface area contributed by atoms with Crippen LogP contribution < -0.4 is 20.7 Å². The van der Waals surface area contributed by atoms with Gasteiger partial charge in [-0.15, -0.1) is 0 Å². The van der Waals surface area contributed by atoms with Crippen molar-refractivity contribution in [2.75, 3.05) is 19.0 Å². The standard InChI is InChI=1S/C18H18FN3O3/c1-20-17(23)13-10-11(6-7-14(13)19)21-18(24)22-15-8-9-25-16-5-3-2-4-12(15)16/h2-7,10,15H,8-9H2,1H3,(H,20,23)(H2,21,22,24)/t15-/m1/s1. The summed E-state index contributed by atoms with van der Waals surface area (Å²) < 4.78 is 19.2. The summed E-state index contributed by atoms with van der Waals surface area (Å²) in [5.41, 5.74) is 1.11. The van der Waals surface area contributed by atoms with Crippen molar-refractivity contribution in [3.63, 3.8) is 0 Å². The lowest BCUT2D eigenvalue weighted by Crippen LogP contribution is -2.35. The lowest BCUT2D eigenvalue weighted by Gasteiger charge is -2.26. The number of anilines is 1. The van der Waals surface area contributed by atoms with Gasteiger partial charge >= 0.3 is 6.03 Å². The highest BCUT2D eigenvalue weighted by atomic mass is 19.1. The number of ether oxygens (including phenoxy) is 1. The molecule has 1 aliphatic heterocycles. The summed E-state index contributed by atoms with van der Waals surface area (Å²) in [7, 11) is 1.41. The van der Waals surface area contributed by atoms with Gasteiger partial charge in [-0.1, -0.05) is 18.2 Å². The number of carbonyl (C=O) groups is 2. The number of benzene rings is 2. The van der Waals surface area contributed by atoms with Gasteiger partial charge in [-0.2, -0.15) is 0 Å². The van der Waals surface area contributed by atoms with E-state index in [0.29, 0.717) is 18.7 Å². The summed E-state index contributed by atoms with van der Waals surface area (Å²) in [5, 5.41) is 7.86. The number of nitrogens with one attached hydrogen (secondary N) is 3. The first kappa shape index (κ1) is 16.8. The molecule has 3 amide bonds. The normalized spacial score (nSPS) is 15.5. The van der Waals surface area contributed by atoms with Crippen LogP contribution in [0.4, 0.5) is 14.9 Å². The van der Waals surface area contributed by atoms with Crippen molar-refractivity contribution < 1.29 is 18.7 Å². The summed E-state index contributed by atoms with van der Waals surface area (Å²) in [4.78, 5) is 23.9. The Morgan fingerprint density at radius 2 is 2.00 bits per heavy atom. The molecule has 0 bridgehead atoms. The van der Waals surface area contributed by atoms with E-state index in [0.717, 1.165) is 17.4 Å². The molecule has 1 atom stereocenters. The highest BCUT2D eigenvalue weighted by Gasteiger charge is 2.22. The van der Waals surface area contributed by atoms with Crippen molar-refractivity contribution in [1.82, 2.24) is 10.6 Å². The number of fused-ring (bicyclic) bond motifs is 1. The molecule has 6 nitrogen and oxygen atoms in total. The minimum atomic E-state index is -0.649. The molecule has 0 unspecified atom stereocenters. The molecule has 0 saturated heterocycles. The highest BCUT2D eigenvalue weighted by molar-refractivity contribution is 5.97. The monoisotopic (exact) mass is 343 g/mol. The van der Waals surface area contributed by atoms with E-state index in [4.69, 9.17) is 4.74 Å². The van der Waals surface area contributed by atoms with Gasteiger partial charge < -0.3 is 20.7 Å². The average molecular weight is 343 g/mol. The number of amides is 3. The van der Waals surface area contributed by atoms with E-state index in [-0.39, 0.29) is 11.6 Å². The highest BCUT2D eigenvalue weighted by Crippen LogP contribution is 2.31. The second kappa shape index (κ2) is 7.21. The predicted molar refractivity (Wildman–Crippen MR) is 91.2 cm³/mol. The van der Waals surface area contributed by atoms with Crippen molar-refractivity contribution in [1.29, 1.82) is 0 Å². The topological polar surface area (TPSA) is 79.5 Å². The van der Waals surface area contributed by atoms with Crippen molar-refractivity contribution in [2.45, 2.75) is 12.5 Å². The van der Waals surface area contributed by atoms with Crippen LogP contribution in [0.2, 0.25) is 0 Å². The summed E-state index contributed by atoms with van der Waals surface area (Å²) >= 11 is 0. The molecule has 130 valence electrons. The van der Waals surface area contributed by atoms with Crippen LogP contribution in [0.1, 0.15) is 28.4 Å². The first-order chi connectivity index (χ1) is 12.1. The molecule has 0 aliphatic carbocycles. The van der Waals surface area contributed by atoms with Crippen molar-refractivity contribution in [3.8, 4) is 5.75 Å². The van der Waals surface area contributed by atoms with E-state index in [9.17, 15) is 14.0 Å². The molecule has 1 heterocycles. The lowest BCUT2D eigenvalue weighted by atomic mass is 10.0. The molecular weight excluding hydrogens is 325 g/mol. The second-order valence-corrected chi connectivity index (χ2v) is 5.60. The molecule has 0 spiro atoms. The average Bonchev–Trinajstić information content (AvgIpc) is 2.63. The molecule has 1 aliphatic rings. The van der Waals surface area contributed by atoms with E-state index < -0.39 is 17.8 Å². The Morgan fingerprint density at radius 1 is 1.20 bits per heavy atom. The Hall–Kier alpha value is -3.09. The number of rotatable bonds is 3. The molecule has 2 aromatic carbocycles. The fraction of sp³-hybridized carbons (Fsp3) is 0.222. The van der Waals surface area contributed by atoms with Gasteiger partial charge in [0.05, 0.1) is 18.2 Å². The van der Waals surface area contributed by atoms with Gasteiger partial charge in [0.1, 0.15) is 11.6 Å². The zero-order valence-corrected chi connectivity index (χ0v) is 13.6. The van der Waals surface area contributed by atoms with Crippen LogP contribution in [0.25, 0.3) is 0 Å². The maximum atomic E-state index is 13.7. The van der Waals surface area contributed by atoms with Crippen molar-refractivity contribution >= 4 is 17.6 Å². The first-order valence-electron chi connectivity index (χ1n) is 7.89. The summed E-state index contributed by atoms with van der Waals surface area (Å²) in [5.74, 6) is -0.452. The largest absolute Gasteiger partial charge is 0.493 e. The number of para-hydroxylation sites is 1. The number of urea groups is 1. The van der Waals surface area contributed by atoms with Crippen LogP contribution in [-0.4, -0.2) is 25.6 Å². The fourth-order valence-electron chi connectivity index (χ4n) is 2.73. The Morgan fingerprint density at radius 3 is 2.80 bits per heavy atom. The zero-order chi connectivity index (χ0) is 17.8. The molecule has 3 rings (SSSR count). The van der Waals surface area contributed by atoms with E-state index in [1.165, 1.54) is 19.2 Å². The molecule has 0 aromatic heterocycles. The lowest BCUT2D eigenvalue weighted by molar-refractivity contribution is 0.0959.